The van der Waals surface area contributed by atoms with Crippen molar-refractivity contribution in [3.63, 3.8) is 0 Å². The van der Waals surface area contributed by atoms with Crippen molar-refractivity contribution in [1.29, 1.82) is 0 Å². The van der Waals surface area contributed by atoms with E-state index in [1.165, 1.54) is 10.9 Å². The van der Waals surface area contributed by atoms with Crippen molar-refractivity contribution >= 4 is 34.4 Å². The fourth-order valence-corrected chi connectivity index (χ4v) is 4.22. The molecule has 3 heterocycles. The molecule has 1 amide bonds. The predicted molar refractivity (Wildman–Crippen MR) is 155 cm³/mol. The Kier molecular flexibility index (Phi) is 8.49. The first-order valence-corrected chi connectivity index (χ1v) is 12.9. The summed E-state index contributed by atoms with van der Waals surface area (Å²) in [6, 6.07) is 13.0. The van der Waals surface area contributed by atoms with Gasteiger partial charge in [-0.15, -0.1) is 6.58 Å². The smallest absolute Gasteiger partial charge is 0.404 e. The zero-order valence-corrected chi connectivity index (χ0v) is 22.8. The van der Waals surface area contributed by atoms with Crippen molar-refractivity contribution in [3.05, 3.63) is 77.4 Å². The number of anilines is 3. The van der Waals surface area contributed by atoms with E-state index < -0.39 is 11.7 Å². The maximum atomic E-state index is 13.2. The highest BCUT2D eigenvalue weighted by atomic mass is 16.4. The molecular weight excluding hydrogens is 512 g/mol. The van der Waals surface area contributed by atoms with Crippen LogP contribution in [0.1, 0.15) is 32.4 Å². The van der Waals surface area contributed by atoms with Crippen LogP contribution in [0.15, 0.2) is 66.1 Å². The van der Waals surface area contributed by atoms with E-state index >= 15 is 0 Å². The Balaban J connectivity index is 1.58. The largest absolute Gasteiger partial charge is 0.465 e. The Morgan fingerprint density at radius 2 is 1.90 bits per heavy atom. The number of allylic oxidation sites excluding steroid dienone is 1. The molecule has 12 nitrogen and oxygen atoms in total. The third-order valence-corrected chi connectivity index (χ3v) is 6.32. The maximum absolute atomic E-state index is 13.2. The van der Waals surface area contributed by atoms with Crippen molar-refractivity contribution in [2.45, 2.75) is 38.8 Å². The Labute approximate surface area is 231 Å². The van der Waals surface area contributed by atoms with Crippen molar-refractivity contribution in [2.24, 2.45) is 0 Å². The first kappa shape index (κ1) is 28.3. The molecule has 0 bridgehead atoms. The molecule has 0 unspecified atom stereocenters. The van der Waals surface area contributed by atoms with E-state index in [4.69, 9.17) is 5.11 Å². The average molecular weight is 547 g/mol. The molecule has 4 rings (SSSR count). The molecule has 1 aromatic carbocycles. The summed E-state index contributed by atoms with van der Waals surface area (Å²) in [6.45, 7) is 8.53. The van der Waals surface area contributed by atoms with E-state index in [9.17, 15) is 14.7 Å². The van der Waals surface area contributed by atoms with Crippen LogP contribution in [0.5, 0.6) is 0 Å². The number of amides is 1. The van der Waals surface area contributed by atoms with E-state index in [2.05, 4.69) is 37.1 Å². The fourth-order valence-electron chi connectivity index (χ4n) is 4.22. The molecule has 4 N–H and O–H groups in total. The number of benzene rings is 1. The van der Waals surface area contributed by atoms with E-state index in [1.54, 1.807) is 42.8 Å². The molecule has 0 radical (unpaired) electrons. The summed E-state index contributed by atoms with van der Waals surface area (Å²) >= 11 is 0. The Morgan fingerprint density at radius 3 is 2.58 bits per heavy atom. The number of rotatable bonds is 12. The highest BCUT2D eigenvalue weighted by Gasteiger charge is 2.21. The van der Waals surface area contributed by atoms with Gasteiger partial charge in [0.1, 0.15) is 11.0 Å². The summed E-state index contributed by atoms with van der Waals surface area (Å²) in [5, 5.41) is 25.0. The van der Waals surface area contributed by atoms with Crippen LogP contribution >= 0.6 is 0 Å². The second kappa shape index (κ2) is 12.0. The van der Waals surface area contributed by atoms with Crippen LogP contribution in [0, 0.1) is 0 Å². The minimum Gasteiger partial charge on any atom is -0.465 e. The molecule has 12 heteroatoms. The van der Waals surface area contributed by atoms with Crippen molar-refractivity contribution in [1.82, 2.24) is 29.6 Å². The number of fused-ring (bicyclic) bond motifs is 1. The van der Waals surface area contributed by atoms with E-state index in [-0.39, 0.29) is 12.1 Å². The zero-order valence-electron chi connectivity index (χ0n) is 22.8. The van der Waals surface area contributed by atoms with Gasteiger partial charge in [-0.25, -0.2) is 24.1 Å². The third kappa shape index (κ3) is 6.46. The topological polar surface area (TPSA) is 150 Å². The summed E-state index contributed by atoms with van der Waals surface area (Å²) < 4.78 is 3.10. The second-order valence-electron chi connectivity index (χ2n) is 9.89. The van der Waals surface area contributed by atoms with E-state index in [0.717, 1.165) is 30.8 Å². The Hall–Kier alpha value is -4.71. The highest BCUT2D eigenvalue weighted by Crippen LogP contribution is 2.23. The molecule has 0 saturated heterocycles. The van der Waals surface area contributed by atoms with Crippen LogP contribution < -0.4 is 21.1 Å². The number of pyridine rings is 1. The van der Waals surface area contributed by atoms with Gasteiger partial charge in [0, 0.05) is 37.7 Å². The lowest BCUT2D eigenvalue weighted by molar-refractivity contribution is 0.0738. The molecule has 210 valence electrons. The number of hydrogen-bond donors (Lipinski definition) is 4. The first-order chi connectivity index (χ1) is 19.1. The van der Waals surface area contributed by atoms with Crippen molar-refractivity contribution < 1.29 is 15.0 Å². The molecule has 40 heavy (non-hydrogen) atoms. The van der Waals surface area contributed by atoms with Crippen LogP contribution in [-0.2, 0) is 12.1 Å². The second-order valence-corrected chi connectivity index (χ2v) is 9.89. The van der Waals surface area contributed by atoms with E-state index in [0.29, 0.717) is 35.0 Å². The summed E-state index contributed by atoms with van der Waals surface area (Å²) in [4.78, 5) is 39.5. The molecule has 0 atom stereocenters. The highest BCUT2D eigenvalue weighted by molar-refractivity contribution is 5.77. The number of hydrogen-bond acceptors (Lipinski definition) is 8. The van der Waals surface area contributed by atoms with Gasteiger partial charge in [-0.05, 0) is 63.1 Å². The number of nitrogens with one attached hydrogen (secondary N) is 2. The number of aromatic nitrogens is 5. The van der Waals surface area contributed by atoms with Gasteiger partial charge in [0.25, 0.3) is 5.56 Å². The number of unbranched alkanes of at least 4 members (excludes halogenated alkanes) is 1. The Bertz CT molecular complexity index is 1550. The molecule has 0 fully saturated rings. The monoisotopic (exact) mass is 546 g/mol. The van der Waals surface area contributed by atoms with Crippen LogP contribution in [0.2, 0.25) is 0 Å². The first-order valence-electron chi connectivity index (χ1n) is 12.9. The molecule has 0 saturated carbocycles. The molecular formula is C28H34N8O4. The van der Waals surface area contributed by atoms with Crippen LogP contribution in [-0.4, -0.2) is 60.8 Å². The SMILES string of the molecule is C=CCn1c(=O)c2cnc(Nc3ccc(N(C)CCCCNC(=O)O)cc3)nc2n1-c1cccc(C(C)(C)O)n1. The van der Waals surface area contributed by atoms with Gasteiger partial charge in [-0.2, -0.15) is 4.98 Å². The van der Waals surface area contributed by atoms with Crippen LogP contribution in [0.3, 0.4) is 0 Å². The van der Waals surface area contributed by atoms with Crippen molar-refractivity contribution in [2.75, 3.05) is 30.4 Å². The molecule has 0 aliphatic carbocycles. The van der Waals surface area contributed by atoms with Crippen molar-refractivity contribution in [3.8, 4) is 5.82 Å². The Morgan fingerprint density at radius 1 is 1.15 bits per heavy atom. The minimum absolute atomic E-state index is 0.234. The van der Waals surface area contributed by atoms with Gasteiger partial charge in [-0.3, -0.25) is 4.79 Å². The number of carbonyl (C=O) groups is 1. The number of carboxylic acid groups (broad SMARTS) is 1. The minimum atomic E-state index is -1.16. The lowest BCUT2D eigenvalue weighted by atomic mass is 10.1. The summed E-state index contributed by atoms with van der Waals surface area (Å²) in [5.74, 6) is 0.743. The molecule has 0 aliphatic heterocycles. The van der Waals surface area contributed by atoms with Crippen LogP contribution in [0.25, 0.3) is 16.9 Å². The quantitative estimate of drug-likeness (QED) is 0.154. The molecule has 4 aromatic rings. The molecule has 0 aliphatic rings. The maximum Gasteiger partial charge on any atom is 0.404 e. The third-order valence-electron chi connectivity index (χ3n) is 6.32. The van der Waals surface area contributed by atoms with Gasteiger partial charge in [0.2, 0.25) is 5.95 Å². The van der Waals surface area contributed by atoms with Gasteiger partial charge < -0.3 is 25.7 Å². The molecule has 0 spiro atoms. The normalized spacial score (nSPS) is 11.4. The fraction of sp³-hybridized carbons (Fsp3) is 0.321. The molecule has 3 aromatic heterocycles. The lowest BCUT2D eigenvalue weighted by Crippen LogP contribution is -2.24. The van der Waals surface area contributed by atoms with Crippen LogP contribution in [0.4, 0.5) is 22.1 Å². The number of aliphatic hydroxyl groups is 1. The lowest BCUT2D eigenvalue weighted by Gasteiger charge is -2.19. The predicted octanol–water partition coefficient (Wildman–Crippen LogP) is 3.62. The van der Waals surface area contributed by atoms with E-state index in [1.807, 2.05) is 31.3 Å². The van der Waals surface area contributed by atoms with Gasteiger partial charge >= 0.3 is 6.09 Å². The summed E-state index contributed by atoms with van der Waals surface area (Å²) in [5.41, 5.74) is 1.17. The van der Waals surface area contributed by atoms with Gasteiger partial charge in [0.05, 0.1) is 12.2 Å². The summed E-state index contributed by atoms with van der Waals surface area (Å²) in [7, 11) is 1.98. The summed E-state index contributed by atoms with van der Waals surface area (Å²) in [6.07, 6.45) is 3.71. The number of nitrogens with zero attached hydrogens (tertiary/aromatic N) is 6. The van der Waals surface area contributed by atoms with Gasteiger partial charge in [-0.1, -0.05) is 12.1 Å². The standard InChI is InChI=1S/C28H34N8O4/c1-5-16-35-25(37)21-18-30-26(33-24(21)36(35)23-10-8-9-22(32-23)28(2,3)40)31-19-11-13-20(14-12-19)34(4)17-7-6-15-29-27(38)39/h5,8-14,18,29,40H,1,6-7,15-17H2,2-4H3,(H,38,39)(H,30,31,33). The zero-order chi connectivity index (χ0) is 28.9. The van der Waals surface area contributed by atoms with Gasteiger partial charge in [0.15, 0.2) is 11.5 Å². The average Bonchev–Trinajstić information content (AvgIpc) is 3.19.